The number of fused-ring (bicyclic) bond motifs is 1. The molecule has 5 rings (SSSR count). The van der Waals surface area contributed by atoms with Crippen molar-refractivity contribution >= 4 is 22.6 Å². The van der Waals surface area contributed by atoms with Crippen molar-refractivity contribution in [3.8, 4) is 22.9 Å². The van der Waals surface area contributed by atoms with Gasteiger partial charge in [0.2, 0.25) is 0 Å². The number of hydrogen-bond donors (Lipinski definition) is 1. The number of benzene rings is 4. The van der Waals surface area contributed by atoms with Gasteiger partial charge >= 0.3 is 12.2 Å². The normalized spacial score (nSPS) is 10.8. The highest BCUT2D eigenvalue weighted by atomic mass is 16.7. The van der Waals surface area contributed by atoms with Crippen LogP contribution < -0.4 is 19.5 Å². The third kappa shape index (κ3) is 5.44. The summed E-state index contributed by atoms with van der Waals surface area (Å²) >= 11 is 0. The lowest BCUT2D eigenvalue weighted by Crippen LogP contribution is -2.38. The van der Waals surface area contributed by atoms with Crippen molar-refractivity contribution in [3.63, 3.8) is 0 Å². The molecular formula is C28H24N4O4. The Labute approximate surface area is 208 Å². The first-order valence-electron chi connectivity index (χ1n) is 11.5. The van der Waals surface area contributed by atoms with E-state index in [4.69, 9.17) is 14.2 Å². The summed E-state index contributed by atoms with van der Waals surface area (Å²) in [6, 6.07) is 31.0. The molecule has 0 radical (unpaired) electrons. The van der Waals surface area contributed by atoms with Gasteiger partial charge in [0, 0.05) is 5.69 Å². The van der Waals surface area contributed by atoms with E-state index in [1.807, 2.05) is 67.6 Å². The summed E-state index contributed by atoms with van der Waals surface area (Å²) in [5, 5.41) is 11.9. The number of nitrogens with one attached hydrogen (secondary N) is 1. The van der Waals surface area contributed by atoms with Crippen molar-refractivity contribution in [1.29, 1.82) is 0 Å². The van der Waals surface area contributed by atoms with E-state index in [-0.39, 0.29) is 0 Å². The van der Waals surface area contributed by atoms with Crippen molar-refractivity contribution in [2.45, 2.75) is 13.2 Å². The second-order valence-corrected chi connectivity index (χ2v) is 7.80. The fraction of sp³-hybridized carbons (Fsp3) is 0.107. The van der Waals surface area contributed by atoms with Crippen molar-refractivity contribution in [2.75, 3.05) is 11.9 Å². The molecule has 8 nitrogen and oxygen atoms in total. The SMILES string of the molecule is CCOc1ccc(-n2nc3ccc(NC(=O)C(Oc4ccccc4)Oc4ccccc4)cc3n2)cc1. The third-order valence-corrected chi connectivity index (χ3v) is 5.21. The molecule has 0 bridgehead atoms. The Morgan fingerprint density at radius 1 is 0.778 bits per heavy atom. The second-order valence-electron chi connectivity index (χ2n) is 7.80. The summed E-state index contributed by atoms with van der Waals surface area (Å²) in [4.78, 5) is 14.7. The molecule has 0 fully saturated rings. The van der Waals surface area contributed by atoms with Gasteiger partial charge in [0.1, 0.15) is 28.3 Å². The maximum absolute atomic E-state index is 13.2. The largest absolute Gasteiger partial charge is 0.494 e. The molecule has 0 saturated heterocycles. The van der Waals surface area contributed by atoms with E-state index in [1.54, 1.807) is 47.3 Å². The van der Waals surface area contributed by atoms with Gasteiger partial charge in [-0.25, -0.2) is 0 Å². The number of rotatable bonds is 9. The Hall–Kier alpha value is -4.85. The highest BCUT2D eigenvalue weighted by molar-refractivity contribution is 5.95. The zero-order valence-corrected chi connectivity index (χ0v) is 19.6. The Bertz CT molecular complexity index is 1400. The molecule has 0 aliphatic carbocycles. The fourth-order valence-electron chi connectivity index (χ4n) is 3.53. The van der Waals surface area contributed by atoms with E-state index in [2.05, 4.69) is 15.5 Å². The van der Waals surface area contributed by atoms with Crippen molar-refractivity contribution in [2.24, 2.45) is 0 Å². The first-order valence-corrected chi connectivity index (χ1v) is 11.5. The number of para-hydroxylation sites is 2. The number of ether oxygens (including phenoxy) is 3. The molecular weight excluding hydrogens is 456 g/mol. The first kappa shape index (κ1) is 22.9. The van der Waals surface area contributed by atoms with Gasteiger partial charge in [-0.05, 0) is 73.7 Å². The molecule has 1 amide bonds. The van der Waals surface area contributed by atoms with Crippen LogP contribution in [0.5, 0.6) is 17.2 Å². The highest BCUT2D eigenvalue weighted by Crippen LogP contribution is 2.21. The van der Waals surface area contributed by atoms with Gasteiger partial charge in [-0.3, -0.25) is 4.79 Å². The van der Waals surface area contributed by atoms with Crippen molar-refractivity contribution < 1.29 is 19.0 Å². The molecule has 8 heteroatoms. The number of nitrogens with zero attached hydrogens (tertiary/aromatic N) is 3. The Morgan fingerprint density at radius 2 is 1.39 bits per heavy atom. The third-order valence-electron chi connectivity index (χ3n) is 5.21. The van der Waals surface area contributed by atoms with Crippen molar-refractivity contribution in [1.82, 2.24) is 15.0 Å². The minimum atomic E-state index is -1.20. The van der Waals surface area contributed by atoms with E-state index in [1.165, 1.54) is 0 Å². The van der Waals surface area contributed by atoms with Crippen LogP contribution in [0.1, 0.15) is 6.92 Å². The van der Waals surface area contributed by atoms with Crippen LogP contribution in [0.3, 0.4) is 0 Å². The molecule has 1 N–H and O–H groups in total. The first-order chi connectivity index (χ1) is 17.7. The highest BCUT2D eigenvalue weighted by Gasteiger charge is 2.23. The van der Waals surface area contributed by atoms with E-state index in [0.29, 0.717) is 34.8 Å². The molecule has 0 saturated carbocycles. The molecule has 0 aliphatic heterocycles. The van der Waals surface area contributed by atoms with Crippen LogP contribution in [0.4, 0.5) is 5.69 Å². The maximum Gasteiger partial charge on any atom is 0.321 e. The average molecular weight is 481 g/mol. The lowest BCUT2D eigenvalue weighted by molar-refractivity contribution is -0.134. The standard InChI is InChI=1S/C28H24N4O4/c1-2-34-22-16-14-21(15-17-22)32-30-25-18-13-20(19-26(25)31-32)29-27(33)28(35-23-9-5-3-6-10-23)36-24-11-7-4-8-12-24/h3-19,28H,2H2,1H3,(H,29,33). The van der Waals surface area contributed by atoms with Crippen LogP contribution >= 0.6 is 0 Å². The molecule has 1 heterocycles. The number of aromatic nitrogens is 3. The van der Waals surface area contributed by atoms with Gasteiger partial charge in [0.05, 0.1) is 12.3 Å². The number of anilines is 1. The van der Waals surface area contributed by atoms with Gasteiger partial charge in [0.15, 0.2) is 0 Å². The quantitative estimate of drug-likeness (QED) is 0.290. The van der Waals surface area contributed by atoms with Crippen LogP contribution in [0, 0.1) is 0 Å². The van der Waals surface area contributed by atoms with E-state index >= 15 is 0 Å². The van der Waals surface area contributed by atoms with Gasteiger partial charge in [-0.1, -0.05) is 36.4 Å². The molecule has 5 aromatic rings. The number of hydrogen-bond acceptors (Lipinski definition) is 6. The van der Waals surface area contributed by atoms with Crippen LogP contribution in [0.2, 0.25) is 0 Å². The Balaban J connectivity index is 1.35. The summed E-state index contributed by atoms with van der Waals surface area (Å²) in [6.45, 7) is 2.54. The fourth-order valence-corrected chi connectivity index (χ4v) is 3.53. The maximum atomic E-state index is 13.2. The lowest BCUT2D eigenvalue weighted by atomic mass is 10.2. The van der Waals surface area contributed by atoms with Crippen LogP contribution in [0.25, 0.3) is 16.7 Å². The molecule has 0 atom stereocenters. The molecule has 0 spiro atoms. The minimum absolute atomic E-state index is 0.457. The summed E-state index contributed by atoms with van der Waals surface area (Å²) in [5.41, 5.74) is 2.67. The van der Waals surface area contributed by atoms with Gasteiger partial charge < -0.3 is 19.5 Å². The van der Waals surface area contributed by atoms with Crippen LogP contribution in [-0.4, -0.2) is 33.8 Å². The minimum Gasteiger partial charge on any atom is -0.494 e. The summed E-state index contributed by atoms with van der Waals surface area (Å²) in [6.07, 6.45) is -1.20. The van der Waals surface area contributed by atoms with Crippen LogP contribution in [-0.2, 0) is 4.79 Å². The molecule has 36 heavy (non-hydrogen) atoms. The molecule has 0 aliphatic rings. The van der Waals surface area contributed by atoms with Gasteiger partial charge in [-0.2, -0.15) is 4.80 Å². The zero-order chi connectivity index (χ0) is 24.7. The van der Waals surface area contributed by atoms with E-state index in [9.17, 15) is 4.79 Å². The Kier molecular flexibility index (Phi) is 6.75. The topological polar surface area (TPSA) is 87.5 Å². The molecule has 1 aromatic heterocycles. The van der Waals surface area contributed by atoms with Crippen molar-refractivity contribution in [3.05, 3.63) is 103 Å². The average Bonchev–Trinajstić information content (AvgIpc) is 3.34. The number of carbonyl (C=O) groups is 1. The number of carbonyl (C=O) groups excluding carboxylic acids is 1. The second kappa shape index (κ2) is 10.6. The van der Waals surface area contributed by atoms with E-state index < -0.39 is 12.2 Å². The van der Waals surface area contributed by atoms with Gasteiger partial charge in [0.25, 0.3) is 0 Å². The monoisotopic (exact) mass is 480 g/mol. The van der Waals surface area contributed by atoms with Gasteiger partial charge in [-0.15, -0.1) is 10.2 Å². The summed E-state index contributed by atoms with van der Waals surface area (Å²) in [5.74, 6) is 1.36. The lowest BCUT2D eigenvalue weighted by Gasteiger charge is -2.20. The summed E-state index contributed by atoms with van der Waals surface area (Å²) in [7, 11) is 0. The smallest absolute Gasteiger partial charge is 0.321 e. The predicted octanol–water partition coefficient (Wildman–Crippen LogP) is 5.24. The Morgan fingerprint density at radius 3 is 2.00 bits per heavy atom. The summed E-state index contributed by atoms with van der Waals surface area (Å²) < 4.78 is 17.2. The zero-order valence-electron chi connectivity index (χ0n) is 19.6. The van der Waals surface area contributed by atoms with E-state index in [0.717, 1.165) is 11.4 Å². The van der Waals surface area contributed by atoms with Crippen LogP contribution in [0.15, 0.2) is 103 Å². The molecule has 4 aromatic carbocycles. The molecule has 0 unspecified atom stereocenters. The number of amides is 1. The molecule has 180 valence electrons. The predicted molar refractivity (Wildman–Crippen MR) is 137 cm³/mol.